The minimum atomic E-state index is -2.81. The van der Waals surface area contributed by atoms with Crippen molar-refractivity contribution < 1.29 is 18.3 Å². The summed E-state index contributed by atoms with van der Waals surface area (Å²) in [6.07, 6.45) is 0.455. The lowest BCUT2D eigenvalue weighted by Crippen LogP contribution is -2.34. The highest BCUT2D eigenvalue weighted by Crippen LogP contribution is 2.37. The van der Waals surface area contributed by atoms with E-state index in [0.717, 1.165) is 4.31 Å². The molecule has 10 nitrogen and oxygen atoms in total. The lowest BCUT2D eigenvalue weighted by atomic mass is 10.2. The molecule has 0 bridgehead atoms. The second kappa shape index (κ2) is 11.5. The number of nitrogens with one attached hydrogen (secondary N) is 2. The summed E-state index contributed by atoms with van der Waals surface area (Å²) < 4.78 is 31.4. The molecule has 4 aromatic rings. The molecule has 2 atom stereocenters. The first-order valence-corrected chi connectivity index (χ1v) is 12.6. The number of methoxy groups -OCH3 is 1. The van der Waals surface area contributed by atoms with Crippen molar-refractivity contribution in [2.24, 2.45) is 5.73 Å². The Balaban J connectivity index is 1.83. The van der Waals surface area contributed by atoms with Crippen molar-refractivity contribution in [1.82, 2.24) is 9.97 Å². The van der Waals surface area contributed by atoms with Crippen LogP contribution in [-0.4, -0.2) is 37.8 Å². The second-order valence-electron chi connectivity index (χ2n) is 7.92. The molecule has 1 heterocycles. The fourth-order valence-electron chi connectivity index (χ4n) is 3.48. The highest BCUT2D eigenvalue weighted by atomic mass is 35.5. The predicted molar refractivity (Wildman–Crippen MR) is 145 cm³/mol. The first-order chi connectivity index (χ1) is 17.8. The molecular formula is C25H24ClN6O4S-. The monoisotopic (exact) mass is 539 g/mol. The van der Waals surface area contributed by atoms with Crippen molar-refractivity contribution in [3.8, 4) is 5.75 Å². The Morgan fingerprint density at radius 1 is 1.14 bits per heavy atom. The quantitative estimate of drug-likeness (QED) is 0.261. The summed E-state index contributed by atoms with van der Waals surface area (Å²) in [4.78, 5) is 21.5. The molecule has 4 rings (SSSR count). The van der Waals surface area contributed by atoms with Crippen LogP contribution in [0, 0.1) is 0 Å². The zero-order valence-corrected chi connectivity index (χ0v) is 21.5. The molecule has 192 valence electrons. The van der Waals surface area contributed by atoms with E-state index in [-0.39, 0.29) is 23.2 Å². The number of aromatic nitrogens is 2. The van der Waals surface area contributed by atoms with Crippen molar-refractivity contribution >= 4 is 68.5 Å². The maximum atomic E-state index is 12.6. The number of halogens is 1. The van der Waals surface area contributed by atoms with Gasteiger partial charge in [0, 0.05) is 11.8 Å². The standard InChI is InChI=1S/C25H25ClN6O4S/c1-3-19(27)25(33)28-15-7-6-8-16(13-15)32(37(34)35)24-23(29-20-9-4-5-10-21(20)31-24)30-22-14-17(36-2)11-12-18(22)26/h4-14,19H,3,27H2,1-2H3,(H,28,33)(H,29,30)(H,34,35)/p-1/t19-/m0/s1. The number of nitrogens with zero attached hydrogens (tertiary/aromatic N) is 3. The van der Waals surface area contributed by atoms with E-state index in [9.17, 15) is 13.6 Å². The van der Waals surface area contributed by atoms with Crippen molar-refractivity contribution in [2.75, 3.05) is 22.0 Å². The lowest BCUT2D eigenvalue weighted by Gasteiger charge is -2.28. The Bertz CT molecular complexity index is 1470. The number of ether oxygens (including phenoxy) is 1. The number of para-hydroxylation sites is 2. The molecule has 0 aliphatic rings. The fraction of sp³-hybridized carbons (Fsp3) is 0.160. The summed E-state index contributed by atoms with van der Waals surface area (Å²) in [5.41, 5.74) is 7.88. The van der Waals surface area contributed by atoms with E-state index in [0.29, 0.717) is 39.6 Å². The summed E-state index contributed by atoms with van der Waals surface area (Å²) in [5, 5.41) is 6.17. The molecule has 0 spiro atoms. The number of benzene rings is 3. The van der Waals surface area contributed by atoms with E-state index in [1.165, 1.54) is 13.2 Å². The third kappa shape index (κ3) is 5.97. The lowest BCUT2D eigenvalue weighted by molar-refractivity contribution is -0.117. The zero-order chi connectivity index (χ0) is 26.5. The van der Waals surface area contributed by atoms with Gasteiger partial charge < -0.3 is 25.7 Å². The Morgan fingerprint density at radius 2 is 1.86 bits per heavy atom. The number of amides is 1. The first kappa shape index (κ1) is 26.3. The van der Waals surface area contributed by atoms with Gasteiger partial charge in [0.05, 0.1) is 51.8 Å². The third-order valence-electron chi connectivity index (χ3n) is 5.44. The van der Waals surface area contributed by atoms with Crippen LogP contribution in [0.1, 0.15) is 13.3 Å². The van der Waals surface area contributed by atoms with Crippen molar-refractivity contribution in [3.63, 3.8) is 0 Å². The Labute approximate surface area is 221 Å². The SMILES string of the molecule is CC[C@H](N)C(=O)Nc1cccc(N(c2nc3ccccc3nc2Nc2cc(OC)ccc2Cl)S(=O)[O-])c1. The van der Waals surface area contributed by atoms with Crippen LogP contribution >= 0.6 is 11.6 Å². The molecule has 0 saturated heterocycles. The van der Waals surface area contributed by atoms with Crippen LogP contribution in [0.3, 0.4) is 0 Å². The van der Waals surface area contributed by atoms with Crippen LogP contribution < -0.4 is 25.4 Å². The van der Waals surface area contributed by atoms with Crippen molar-refractivity contribution in [1.29, 1.82) is 0 Å². The number of carbonyl (C=O) groups is 1. The average molecular weight is 540 g/mol. The molecule has 1 aromatic heterocycles. The summed E-state index contributed by atoms with van der Waals surface area (Å²) in [6, 6.07) is 17.7. The van der Waals surface area contributed by atoms with Crippen LogP contribution in [0.15, 0.2) is 66.7 Å². The van der Waals surface area contributed by atoms with Gasteiger partial charge in [0.1, 0.15) is 5.75 Å². The molecule has 3 aromatic carbocycles. The first-order valence-electron chi connectivity index (χ1n) is 11.2. The third-order valence-corrected chi connectivity index (χ3v) is 6.46. The van der Waals surface area contributed by atoms with Gasteiger partial charge in [-0.15, -0.1) is 0 Å². The molecule has 1 amide bonds. The highest BCUT2D eigenvalue weighted by molar-refractivity contribution is 7.81. The van der Waals surface area contributed by atoms with Gasteiger partial charge in [0.25, 0.3) is 0 Å². The van der Waals surface area contributed by atoms with Gasteiger partial charge in [-0.05, 0) is 48.9 Å². The van der Waals surface area contributed by atoms with Crippen LogP contribution in [0.25, 0.3) is 11.0 Å². The molecule has 0 saturated carbocycles. The zero-order valence-electron chi connectivity index (χ0n) is 20.0. The normalized spacial score (nSPS) is 12.6. The number of hydrogen-bond acceptors (Lipinski definition) is 8. The van der Waals surface area contributed by atoms with E-state index in [1.54, 1.807) is 67.6 Å². The number of anilines is 5. The van der Waals surface area contributed by atoms with Crippen LogP contribution in [0.2, 0.25) is 5.02 Å². The molecule has 12 heteroatoms. The predicted octanol–water partition coefficient (Wildman–Crippen LogP) is 4.64. The van der Waals surface area contributed by atoms with E-state index in [1.807, 2.05) is 0 Å². The molecule has 1 unspecified atom stereocenters. The van der Waals surface area contributed by atoms with Crippen LogP contribution in [0.5, 0.6) is 5.75 Å². The maximum absolute atomic E-state index is 12.6. The maximum Gasteiger partial charge on any atom is 0.241 e. The van der Waals surface area contributed by atoms with Crippen molar-refractivity contribution in [2.45, 2.75) is 19.4 Å². The van der Waals surface area contributed by atoms with Crippen LogP contribution in [0.4, 0.5) is 28.7 Å². The Hall–Kier alpha value is -3.77. The number of carbonyl (C=O) groups excluding carboxylic acids is 1. The van der Waals surface area contributed by atoms with Gasteiger partial charge in [-0.3, -0.25) is 13.3 Å². The van der Waals surface area contributed by atoms with Gasteiger partial charge >= 0.3 is 0 Å². The average Bonchev–Trinajstić information content (AvgIpc) is 2.89. The van der Waals surface area contributed by atoms with Gasteiger partial charge in [0.2, 0.25) is 5.91 Å². The van der Waals surface area contributed by atoms with Crippen LogP contribution in [-0.2, 0) is 16.1 Å². The Kier molecular flexibility index (Phi) is 8.19. The largest absolute Gasteiger partial charge is 0.755 e. The van der Waals surface area contributed by atoms with E-state index >= 15 is 0 Å². The van der Waals surface area contributed by atoms with E-state index < -0.39 is 17.3 Å². The number of nitrogens with two attached hydrogens (primary N) is 1. The molecule has 0 fully saturated rings. The molecule has 37 heavy (non-hydrogen) atoms. The number of hydrogen-bond donors (Lipinski definition) is 3. The molecular weight excluding hydrogens is 516 g/mol. The number of fused-ring (bicyclic) bond motifs is 1. The van der Waals surface area contributed by atoms with Gasteiger partial charge in [-0.25, -0.2) is 9.97 Å². The highest BCUT2D eigenvalue weighted by Gasteiger charge is 2.21. The summed E-state index contributed by atoms with van der Waals surface area (Å²) >= 11 is 3.57. The van der Waals surface area contributed by atoms with Crippen molar-refractivity contribution in [3.05, 3.63) is 71.8 Å². The minimum absolute atomic E-state index is 0.000319. The summed E-state index contributed by atoms with van der Waals surface area (Å²) in [7, 11) is 1.52. The summed E-state index contributed by atoms with van der Waals surface area (Å²) in [5.74, 6) is 0.301. The minimum Gasteiger partial charge on any atom is -0.755 e. The number of rotatable bonds is 9. The smallest absolute Gasteiger partial charge is 0.241 e. The molecule has 0 radical (unpaired) electrons. The Morgan fingerprint density at radius 3 is 2.54 bits per heavy atom. The van der Waals surface area contributed by atoms with Gasteiger partial charge in [-0.2, -0.15) is 0 Å². The van der Waals surface area contributed by atoms with E-state index in [4.69, 9.17) is 22.1 Å². The van der Waals surface area contributed by atoms with E-state index in [2.05, 4.69) is 20.6 Å². The molecule has 0 aliphatic heterocycles. The second-order valence-corrected chi connectivity index (χ2v) is 9.13. The van der Waals surface area contributed by atoms with Gasteiger partial charge in [0.15, 0.2) is 11.6 Å². The fourth-order valence-corrected chi connectivity index (χ4v) is 4.20. The van der Waals surface area contributed by atoms with Gasteiger partial charge in [-0.1, -0.05) is 36.7 Å². The summed E-state index contributed by atoms with van der Waals surface area (Å²) in [6.45, 7) is 1.80. The molecule has 4 N–H and O–H groups in total. The molecule has 0 aliphatic carbocycles. The topological polar surface area (TPSA) is 146 Å².